The van der Waals surface area contributed by atoms with E-state index in [2.05, 4.69) is 0 Å². The normalized spacial score (nSPS) is 15.9. The Morgan fingerprint density at radius 1 is 0.875 bits per heavy atom. The lowest BCUT2D eigenvalue weighted by atomic mass is 10.1. The van der Waals surface area contributed by atoms with Crippen LogP contribution in [0, 0.1) is 5.82 Å². The van der Waals surface area contributed by atoms with Crippen molar-refractivity contribution in [3.63, 3.8) is 0 Å². The molecule has 0 bridgehead atoms. The first-order chi connectivity index (χ1) is 15.1. The quantitative estimate of drug-likeness (QED) is 0.373. The molecule has 0 radical (unpaired) electrons. The predicted molar refractivity (Wildman–Crippen MR) is 106 cm³/mol. The maximum atomic E-state index is 13.2. The average Bonchev–Trinajstić information content (AvgIpc) is 3.20. The molecule has 4 rings (SSSR count). The Kier molecular flexibility index (Phi) is 5.13. The number of benzene rings is 2. The van der Waals surface area contributed by atoms with Crippen molar-refractivity contribution in [2.75, 3.05) is 4.90 Å². The van der Waals surface area contributed by atoms with Crippen molar-refractivity contribution in [2.45, 2.75) is 6.18 Å². The van der Waals surface area contributed by atoms with Gasteiger partial charge in [0.15, 0.2) is 0 Å². The molecule has 32 heavy (non-hydrogen) atoms. The minimum absolute atomic E-state index is 0.0422. The molecule has 1 aliphatic rings. The number of rotatable bonds is 3. The number of hydrogen-bond acceptors (Lipinski definition) is 3. The fourth-order valence-electron chi connectivity index (χ4n) is 3.21. The van der Waals surface area contributed by atoms with Crippen LogP contribution in [0.25, 0.3) is 11.8 Å². The first-order valence-electron chi connectivity index (χ1n) is 9.17. The Labute approximate surface area is 178 Å². The minimum atomic E-state index is -4.54. The highest BCUT2D eigenvalue weighted by Crippen LogP contribution is 2.31. The van der Waals surface area contributed by atoms with Crippen LogP contribution in [-0.4, -0.2) is 22.4 Å². The van der Waals surface area contributed by atoms with Gasteiger partial charge in [-0.05, 0) is 60.7 Å². The van der Waals surface area contributed by atoms with E-state index in [0.717, 1.165) is 24.3 Å². The van der Waals surface area contributed by atoms with Crippen molar-refractivity contribution in [1.82, 2.24) is 9.88 Å². The summed E-state index contributed by atoms with van der Waals surface area (Å²) in [5.41, 5.74) is -0.841. The molecule has 1 aromatic heterocycles. The van der Waals surface area contributed by atoms with Crippen LogP contribution in [0.4, 0.5) is 28.0 Å². The molecule has 0 atom stereocenters. The lowest BCUT2D eigenvalue weighted by Gasteiger charge is -2.26. The van der Waals surface area contributed by atoms with Gasteiger partial charge in [-0.1, -0.05) is 6.07 Å². The van der Waals surface area contributed by atoms with Gasteiger partial charge < -0.3 is 4.57 Å². The van der Waals surface area contributed by atoms with Gasteiger partial charge in [0.1, 0.15) is 11.4 Å². The van der Waals surface area contributed by atoms with Gasteiger partial charge in [0.2, 0.25) is 0 Å². The number of halogens is 4. The van der Waals surface area contributed by atoms with Gasteiger partial charge in [-0.15, -0.1) is 0 Å². The second-order valence-corrected chi connectivity index (χ2v) is 6.79. The zero-order chi connectivity index (χ0) is 23.0. The number of barbiturate groups is 1. The molecule has 1 N–H and O–H groups in total. The Hall–Kier alpha value is -4.21. The molecule has 6 nitrogen and oxygen atoms in total. The molecule has 1 fully saturated rings. The molecule has 10 heteroatoms. The summed E-state index contributed by atoms with van der Waals surface area (Å²) < 4.78 is 53.8. The molecule has 162 valence electrons. The summed E-state index contributed by atoms with van der Waals surface area (Å²) in [6.07, 6.45) is -1.91. The lowest BCUT2D eigenvalue weighted by Crippen LogP contribution is -2.54. The smallest absolute Gasteiger partial charge is 0.317 e. The molecule has 0 saturated carbocycles. The fraction of sp³-hybridized carbons (Fsp3) is 0.0455. The fourth-order valence-corrected chi connectivity index (χ4v) is 3.21. The highest BCUT2D eigenvalue weighted by molar-refractivity contribution is 6.39. The largest absolute Gasteiger partial charge is 0.416 e. The molecule has 2 aromatic carbocycles. The Morgan fingerprint density at radius 3 is 2.28 bits per heavy atom. The van der Waals surface area contributed by atoms with Gasteiger partial charge in [0.05, 0.1) is 11.3 Å². The third-order valence-electron chi connectivity index (χ3n) is 4.71. The molecular formula is C22H13F4N3O3. The standard InChI is InChI=1S/C22H13F4N3O3/c23-14-6-8-15(9-7-14)29-20(31)18(19(30)27-21(29)32)12-17-5-2-10-28(17)16-4-1-3-13(11-16)22(24,25)26/h1-12H,(H,27,30,32)/b18-12+. The van der Waals surface area contributed by atoms with Crippen LogP contribution >= 0.6 is 0 Å². The van der Waals surface area contributed by atoms with E-state index in [0.29, 0.717) is 4.90 Å². The van der Waals surface area contributed by atoms with E-state index >= 15 is 0 Å². The van der Waals surface area contributed by atoms with Gasteiger partial charge >= 0.3 is 12.2 Å². The molecule has 4 amide bonds. The van der Waals surface area contributed by atoms with E-state index in [1.165, 1.54) is 53.2 Å². The van der Waals surface area contributed by atoms with E-state index < -0.39 is 41.0 Å². The lowest BCUT2D eigenvalue weighted by molar-refractivity contribution is -0.137. The Balaban J connectivity index is 1.74. The van der Waals surface area contributed by atoms with Gasteiger partial charge in [-0.25, -0.2) is 14.1 Å². The summed E-state index contributed by atoms with van der Waals surface area (Å²) in [7, 11) is 0. The number of amides is 4. The second-order valence-electron chi connectivity index (χ2n) is 6.79. The highest BCUT2D eigenvalue weighted by Gasteiger charge is 2.37. The summed E-state index contributed by atoms with van der Waals surface area (Å²) >= 11 is 0. The maximum Gasteiger partial charge on any atom is 0.416 e. The number of nitrogens with zero attached hydrogens (tertiary/aromatic N) is 2. The molecule has 0 aliphatic carbocycles. The van der Waals surface area contributed by atoms with Crippen molar-refractivity contribution in [2.24, 2.45) is 0 Å². The Morgan fingerprint density at radius 2 is 1.59 bits per heavy atom. The minimum Gasteiger partial charge on any atom is -0.317 e. The van der Waals surface area contributed by atoms with E-state index in [1.807, 2.05) is 5.32 Å². The number of anilines is 1. The molecular weight excluding hydrogens is 430 g/mol. The summed E-state index contributed by atoms with van der Waals surface area (Å²) in [4.78, 5) is 38.1. The van der Waals surface area contributed by atoms with Gasteiger partial charge in [0.25, 0.3) is 11.8 Å². The van der Waals surface area contributed by atoms with Crippen LogP contribution in [0.15, 0.2) is 72.4 Å². The van der Waals surface area contributed by atoms with Crippen LogP contribution in [0.3, 0.4) is 0 Å². The summed E-state index contributed by atoms with van der Waals surface area (Å²) in [5, 5.41) is 2.03. The topological polar surface area (TPSA) is 71.4 Å². The van der Waals surface area contributed by atoms with Crippen molar-refractivity contribution in [3.8, 4) is 5.69 Å². The van der Waals surface area contributed by atoms with Crippen molar-refractivity contribution in [1.29, 1.82) is 0 Å². The number of aromatic nitrogens is 1. The average molecular weight is 443 g/mol. The van der Waals surface area contributed by atoms with E-state index in [4.69, 9.17) is 0 Å². The van der Waals surface area contributed by atoms with Crippen molar-refractivity contribution in [3.05, 3.63) is 89.5 Å². The number of carbonyl (C=O) groups excluding carboxylic acids is 3. The van der Waals surface area contributed by atoms with Crippen LogP contribution in [-0.2, 0) is 15.8 Å². The molecule has 0 spiro atoms. The Bertz CT molecular complexity index is 1260. The van der Waals surface area contributed by atoms with Gasteiger partial charge in [-0.2, -0.15) is 13.2 Å². The maximum absolute atomic E-state index is 13.2. The highest BCUT2D eigenvalue weighted by atomic mass is 19.4. The van der Waals surface area contributed by atoms with Gasteiger partial charge in [0, 0.05) is 17.6 Å². The van der Waals surface area contributed by atoms with Crippen molar-refractivity contribution < 1.29 is 31.9 Å². The molecule has 0 unspecified atom stereocenters. The SMILES string of the molecule is O=C1NC(=O)N(c2ccc(F)cc2)C(=O)/C1=C/c1cccn1-c1cccc(C(F)(F)F)c1. The third kappa shape index (κ3) is 3.89. The zero-order valence-corrected chi connectivity index (χ0v) is 16.1. The van der Waals surface area contributed by atoms with E-state index in [9.17, 15) is 31.9 Å². The molecule has 3 aromatic rings. The summed E-state index contributed by atoms with van der Waals surface area (Å²) in [5.74, 6) is -2.50. The van der Waals surface area contributed by atoms with E-state index in [-0.39, 0.29) is 17.1 Å². The molecule has 2 heterocycles. The van der Waals surface area contributed by atoms with Crippen LogP contribution in [0.1, 0.15) is 11.3 Å². The van der Waals surface area contributed by atoms with E-state index in [1.54, 1.807) is 0 Å². The van der Waals surface area contributed by atoms with Crippen molar-refractivity contribution >= 4 is 29.6 Å². The monoisotopic (exact) mass is 443 g/mol. The summed E-state index contributed by atoms with van der Waals surface area (Å²) in [6.45, 7) is 0. The first kappa shape index (κ1) is 21.0. The predicted octanol–water partition coefficient (Wildman–Crippen LogP) is 4.30. The number of hydrogen-bond donors (Lipinski definition) is 1. The number of urea groups is 1. The molecule has 1 aliphatic heterocycles. The third-order valence-corrected chi connectivity index (χ3v) is 4.71. The number of imide groups is 2. The number of nitrogens with one attached hydrogen (secondary N) is 1. The number of alkyl halides is 3. The first-order valence-corrected chi connectivity index (χ1v) is 9.17. The van der Waals surface area contributed by atoms with Crippen LogP contribution in [0.5, 0.6) is 0 Å². The van der Waals surface area contributed by atoms with Crippen LogP contribution in [0.2, 0.25) is 0 Å². The summed E-state index contributed by atoms with van der Waals surface area (Å²) in [6, 6.07) is 11.1. The van der Waals surface area contributed by atoms with Crippen LogP contribution < -0.4 is 10.2 Å². The molecule has 1 saturated heterocycles. The second kappa shape index (κ2) is 7.80. The zero-order valence-electron chi connectivity index (χ0n) is 16.1. The number of carbonyl (C=O) groups is 3. The van der Waals surface area contributed by atoms with Gasteiger partial charge in [-0.3, -0.25) is 14.9 Å².